The van der Waals surface area contributed by atoms with Gasteiger partial charge in [0.25, 0.3) is 0 Å². The summed E-state index contributed by atoms with van der Waals surface area (Å²) in [6, 6.07) is 3.26. The van der Waals surface area contributed by atoms with Gasteiger partial charge in [-0.25, -0.2) is 13.1 Å². The molecule has 1 rings (SSSR count). The van der Waals surface area contributed by atoms with Crippen LogP contribution in [0.1, 0.15) is 24.6 Å². The lowest BCUT2D eigenvalue weighted by Crippen LogP contribution is -2.39. The summed E-state index contributed by atoms with van der Waals surface area (Å²) in [4.78, 5) is 0.986. The molecule has 1 atom stereocenters. The molecule has 0 radical (unpaired) electrons. The highest BCUT2D eigenvalue weighted by atomic mass is 32.2. The van der Waals surface area contributed by atoms with Crippen LogP contribution in [0.5, 0.6) is 0 Å². The Morgan fingerprint density at radius 2 is 2.19 bits per heavy atom. The van der Waals surface area contributed by atoms with Crippen molar-refractivity contribution in [3.05, 3.63) is 17.0 Å². The molecule has 1 unspecified atom stereocenters. The minimum atomic E-state index is -3.38. The summed E-state index contributed by atoms with van der Waals surface area (Å²) in [6.45, 7) is 4.22. The van der Waals surface area contributed by atoms with E-state index in [4.69, 9.17) is 5.73 Å². The fraction of sp³-hybridized carbons (Fsp3) is 0.600. The van der Waals surface area contributed by atoms with Crippen molar-refractivity contribution in [3.8, 4) is 0 Å². The summed E-state index contributed by atoms with van der Waals surface area (Å²) in [7, 11) is -3.38. The first-order valence-electron chi connectivity index (χ1n) is 5.28. The van der Waals surface area contributed by atoms with Gasteiger partial charge in [0, 0.05) is 17.5 Å². The normalized spacial score (nSPS) is 13.9. The van der Waals surface area contributed by atoms with Crippen LogP contribution in [0.15, 0.2) is 16.3 Å². The highest BCUT2D eigenvalue weighted by Gasteiger charge is 2.19. The quantitative estimate of drug-likeness (QED) is 0.815. The van der Waals surface area contributed by atoms with Crippen molar-refractivity contribution < 1.29 is 8.42 Å². The Labute approximate surface area is 101 Å². The van der Waals surface area contributed by atoms with Gasteiger partial charge in [0.2, 0.25) is 10.0 Å². The van der Waals surface area contributed by atoms with E-state index in [1.165, 1.54) is 11.3 Å². The topological polar surface area (TPSA) is 72.2 Å². The van der Waals surface area contributed by atoms with Crippen LogP contribution >= 0.6 is 11.3 Å². The lowest BCUT2D eigenvalue weighted by Gasteiger charge is -2.14. The van der Waals surface area contributed by atoms with Gasteiger partial charge < -0.3 is 5.73 Å². The number of rotatable bonds is 6. The SMILES string of the molecule is CCCC(CN)NS(=O)(=O)c1ccc(C)s1. The van der Waals surface area contributed by atoms with Gasteiger partial charge in [-0.2, -0.15) is 0 Å². The average Bonchev–Trinajstić information content (AvgIpc) is 2.64. The number of nitrogens with one attached hydrogen (secondary N) is 1. The zero-order valence-electron chi connectivity index (χ0n) is 9.56. The number of hydrogen-bond acceptors (Lipinski definition) is 4. The van der Waals surface area contributed by atoms with E-state index in [2.05, 4.69) is 4.72 Å². The number of nitrogens with two attached hydrogens (primary N) is 1. The summed E-state index contributed by atoms with van der Waals surface area (Å²) >= 11 is 1.27. The van der Waals surface area contributed by atoms with Crippen LogP contribution < -0.4 is 10.5 Å². The van der Waals surface area contributed by atoms with E-state index in [-0.39, 0.29) is 6.04 Å². The van der Waals surface area contributed by atoms with Crippen LogP contribution in [0.4, 0.5) is 0 Å². The number of thiophene rings is 1. The second kappa shape index (κ2) is 5.77. The zero-order valence-corrected chi connectivity index (χ0v) is 11.2. The van der Waals surface area contributed by atoms with Gasteiger partial charge >= 0.3 is 0 Å². The van der Waals surface area contributed by atoms with Crippen molar-refractivity contribution in [2.45, 2.75) is 36.9 Å². The van der Waals surface area contributed by atoms with Crippen LogP contribution in [-0.2, 0) is 10.0 Å². The second-order valence-corrected chi connectivity index (χ2v) is 6.94. The van der Waals surface area contributed by atoms with Gasteiger partial charge in [0.15, 0.2) is 0 Å². The Hall–Kier alpha value is -0.430. The molecule has 0 aliphatic heterocycles. The predicted molar refractivity (Wildman–Crippen MR) is 67.1 cm³/mol. The Kier molecular flexibility index (Phi) is 4.91. The van der Waals surface area contributed by atoms with Crippen LogP contribution in [0.25, 0.3) is 0 Å². The first kappa shape index (κ1) is 13.6. The smallest absolute Gasteiger partial charge is 0.250 e. The van der Waals surface area contributed by atoms with Crippen molar-refractivity contribution in [2.24, 2.45) is 5.73 Å². The van der Waals surface area contributed by atoms with Crippen molar-refractivity contribution >= 4 is 21.4 Å². The van der Waals surface area contributed by atoms with Crippen molar-refractivity contribution in [1.82, 2.24) is 4.72 Å². The van der Waals surface area contributed by atoms with Gasteiger partial charge in [-0.05, 0) is 25.5 Å². The maximum absolute atomic E-state index is 11.9. The summed E-state index contributed by atoms with van der Waals surface area (Å²) in [5, 5.41) is 0. The summed E-state index contributed by atoms with van der Waals surface area (Å²) < 4.78 is 26.9. The van der Waals surface area contributed by atoms with E-state index >= 15 is 0 Å². The van der Waals surface area contributed by atoms with E-state index in [1.54, 1.807) is 12.1 Å². The van der Waals surface area contributed by atoms with Crippen LogP contribution in [0.2, 0.25) is 0 Å². The van der Waals surface area contributed by atoms with Crippen molar-refractivity contribution in [3.63, 3.8) is 0 Å². The Balaban J connectivity index is 2.78. The van der Waals surface area contributed by atoms with Gasteiger partial charge in [0.1, 0.15) is 4.21 Å². The van der Waals surface area contributed by atoms with E-state index in [9.17, 15) is 8.42 Å². The molecule has 92 valence electrons. The summed E-state index contributed by atoms with van der Waals surface area (Å²) in [5.41, 5.74) is 5.53. The molecule has 3 N–H and O–H groups in total. The van der Waals surface area contributed by atoms with E-state index in [0.29, 0.717) is 10.8 Å². The molecule has 0 aliphatic carbocycles. The van der Waals surface area contributed by atoms with Gasteiger partial charge in [-0.15, -0.1) is 11.3 Å². The average molecular weight is 262 g/mol. The minimum Gasteiger partial charge on any atom is -0.329 e. The molecule has 1 aromatic heterocycles. The molecular formula is C10H18N2O2S2. The third kappa shape index (κ3) is 3.55. The molecule has 1 aromatic rings. The molecule has 0 amide bonds. The molecule has 0 bridgehead atoms. The molecule has 1 heterocycles. The first-order valence-corrected chi connectivity index (χ1v) is 7.58. The Morgan fingerprint density at radius 1 is 1.50 bits per heavy atom. The number of aryl methyl sites for hydroxylation is 1. The molecule has 0 fully saturated rings. The molecule has 16 heavy (non-hydrogen) atoms. The Morgan fingerprint density at radius 3 is 2.62 bits per heavy atom. The third-order valence-corrected chi connectivity index (χ3v) is 5.24. The van der Waals surface area contributed by atoms with Crippen LogP contribution in [-0.4, -0.2) is 21.0 Å². The fourth-order valence-electron chi connectivity index (χ4n) is 1.41. The van der Waals surface area contributed by atoms with E-state index < -0.39 is 10.0 Å². The summed E-state index contributed by atoms with van der Waals surface area (Å²) in [6.07, 6.45) is 1.67. The summed E-state index contributed by atoms with van der Waals surface area (Å²) in [5.74, 6) is 0. The lowest BCUT2D eigenvalue weighted by atomic mass is 10.2. The minimum absolute atomic E-state index is 0.169. The molecule has 6 heteroatoms. The number of sulfonamides is 1. The van der Waals surface area contributed by atoms with Gasteiger partial charge in [-0.1, -0.05) is 13.3 Å². The number of hydrogen-bond donors (Lipinski definition) is 2. The monoisotopic (exact) mass is 262 g/mol. The fourth-order valence-corrected chi connectivity index (χ4v) is 3.99. The third-order valence-electron chi connectivity index (χ3n) is 2.22. The maximum Gasteiger partial charge on any atom is 0.250 e. The van der Waals surface area contributed by atoms with E-state index in [1.807, 2.05) is 13.8 Å². The Bertz CT molecular complexity index is 426. The molecule has 0 aliphatic rings. The van der Waals surface area contributed by atoms with Gasteiger partial charge in [0.05, 0.1) is 0 Å². The molecule has 0 spiro atoms. The standard InChI is InChI=1S/C10H18N2O2S2/c1-3-4-9(7-11)12-16(13,14)10-6-5-8(2)15-10/h5-6,9,12H,3-4,7,11H2,1-2H3. The highest BCUT2D eigenvalue weighted by molar-refractivity contribution is 7.91. The second-order valence-electron chi connectivity index (χ2n) is 3.71. The van der Waals surface area contributed by atoms with Crippen molar-refractivity contribution in [1.29, 1.82) is 0 Å². The van der Waals surface area contributed by atoms with Crippen molar-refractivity contribution in [2.75, 3.05) is 6.54 Å². The molecule has 0 saturated heterocycles. The van der Waals surface area contributed by atoms with Crippen LogP contribution in [0.3, 0.4) is 0 Å². The zero-order chi connectivity index (χ0) is 12.2. The lowest BCUT2D eigenvalue weighted by molar-refractivity contribution is 0.528. The maximum atomic E-state index is 11.9. The van der Waals surface area contributed by atoms with E-state index in [0.717, 1.165) is 17.7 Å². The molecule has 0 aromatic carbocycles. The first-order chi connectivity index (χ1) is 7.49. The molecule has 4 nitrogen and oxygen atoms in total. The molecular weight excluding hydrogens is 244 g/mol. The molecule has 0 saturated carbocycles. The van der Waals surface area contributed by atoms with Crippen LogP contribution in [0, 0.1) is 6.92 Å². The largest absolute Gasteiger partial charge is 0.329 e. The predicted octanol–water partition coefficient (Wildman–Crippen LogP) is 1.46. The van der Waals surface area contributed by atoms with Gasteiger partial charge in [-0.3, -0.25) is 0 Å². The highest BCUT2D eigenvalue weighted by Crippen LogP contribution is 2.20.